The van der Waals surface area contributed by atoms with Crippen LogP contribution < -0.4 is 15.3 Å². The van der Waals surface area contributed by atoms with Crippen molar-refractivity contribution in [2.75, 3.05) is 9.80 Å². The lowest BCUT2D eigenvalue weighted by Gasteiger charge is -2.32. The van der Waals surface area contributed by atoms with Crippen LogP contribution in [0, 0.1) is 0 Å². The summed E-state index contributed by atoms with van der Waals surface area (Å²) in [7, 11) is -1.37. The zero-order valence-electron chi connectivity index (χ0n) is 67.8. The quantitative estimate of drug-likeness (QED) is 0.126. The van der Waals surface area contributed by atoms with Crippen molar-refractivity contribution < 1.29 is 27.9 Å². The molecule has 14 aromatic rings. The molecule has 4 aliphatic carbocycles. The van der Waals surface area contributed by atoms with E-state index in [4.69, 9.17) is 27.9 Å². The van der Waals surface area contributed by atoms with E-state index in [1.54, 1.807) is 0 Å². The molecular weight excluding hydrogens is 1490 g/mol. The third-order valence-electron chi connectivity index (χ3n) is 26.5. The first-order chi connectivity index (χ1) is 55.9. The van der Waals surface area contributed by atoms with Crippen LogP contribution in [0.2, 0.25) is 0 Å². The van der Waals surface area contributed by atoms with Crippen LogP contribution in [-0.4, -0.2) is 54.7 Å². The summed E-state index contributed by atoms with van der Waals surface area (Å²) >= 11 is 3.65. The third kappa shape index (κ3) is 12.1. The Kier molecular flexibility index (Phi) is 18.3. The van der Waals surface area contributed by atoms with Crippen molar-refractivity contribution in [2.45, 2.75) is 128 Å². The van der Waals surface area contributed by atoms with Gasteiger partial charge in [0.15, 0.2) is 0 Å². The molecule has 0 N–H and O–H groups in total. The van der Waals surface area contributed by atoms with E-state index < -0.39 is 37.8 Å². The van der Waals surface area contributed by atoms with Crippen LogP contribution in [0.5, 0.6) is 0 Å². The number of fused-ring (bicyclic) bond motifs is 20. The molecular formula is C104H92B3BrN2O6. The average Bonchev–Trinajstić information content (AvgIpc) is 1.51. The van der Waals surface area contributed by atoms with E-state index in [0.29, 0.717) is 0 Å². The molecule has 14 aromatic carbocycles. The standard InChI is InChI=1S/C49H40BNO2.C43H28BrN.C12H24B2O4/c1-47(2)48(3,4)53-50(52-47)35-24-28-37(29-25-35)51(36-26-22-34(23-27-36)33-14-6-5-7-15-33)38-30-31-42-41-18-10-13-21-45(41)49(46(42)32-38)43-19-11-8-16-39(43)40-17-9-12-20-44(40)49;44-31-20-24-33(25-21-31)45(32-22-18-30(19-23-32)29-10-2-1-3-11-29)34-26-27-38-37-14-6-9-17-41(37)43(42(38)28-34)39-15-7-4-12-35(39)36-13-5-8-16-40(36)43;1-9(2)10(3,4)16-13(15-9)14-17-11(5,6)12(7,8)18-14/h5-32H,1-4H3;1-28H;1-8H3. The fraction of sp³-hybridized carbons (Fsp3) is 0.192. The van der Waals surface area contributed by atoms with Gasteiger partial charge in [0.05, 0.1) is 44.4 Å². The van der Waals surface area contributed by atoms with Gasteiger partial charge in [0.1, 0.15) is 0 Å². The molecule has 12 heteroatoms. The molecule has 3 saturated heterocycles. The molecule has 0 saturated carbocycles. The zero-order valence-corrected chi connectivity index (χ0v) is 69.4. The van der Waals surface area contributed by atoms with Crippen LogP contribution in [0.25, 0.3) is 66.8 Å². The molecule has 2 spiro atoms. The lowest BCUT2D eigenvalue weighted by molar-refractivity contribution is 0.00578. The van der Waals surface area contributed by atoms with Gasteiger partial charge in [-0.15, -0.1) is 0 Å². The van der Waals surface area contributed by atoms with Crippen molar-refractivity contribution in [1.82, 2.24) is 0 Å². The SMILES string of the molecule is Brc1ccc(N(c2ccc(-c3ccccc3)cc2)c2ccc3c(c2)C2(c4ccccc4-c4ccccc42)c2ccccc2-3)cc1.CC1(C)OB(B2OC(C)(C)C(C)(C)O2)OC1(C)C.CC1(C)OB(c2ccc(N(c3ccc(-c4ccccc4)cc3)c3ccc4c(c3)C3(c5ccccc5-c5ccccc53)c3ccccc3-4)cc2)OC1(C)C. The molecule has 0 bridgehead atoms. The first kappa shape index (κ1) is 75.2. The molecule has 3 fully saturated rings. The summed E-state index contributed by atoms with van der Waals surface area (Å²) in [5.41, 5.74) is 30.6. The predicted molar refractivity (Wildman–Crippen MR) is 481 cm³/mol. The predicted octanol–water partition coefficient (Wildman–Crippen LogP) is 25.6. The molecule has 8 nitrogen and oxygen atoms in total. The van der Waals surface area contributed by atoms with Crippen molar-refractivity contribution in [2.24, 2.45) is 0 Å². The monoisotopic (exact) mass is 1580 g/mol. The number of hydrogen-bond donors (Lipinski definition) is 0. The summed E-state index contributed by atoms with van der Waals surface area (Å²) in [5, 5.41) is 0. The third-order valence-corrected chi connectivity index (χ3v) is 27.0. The van der Waals surface area contributed by atoms with Crippen LogP contribution in [0.3, 0.4) is 0 Å². The Morgan fingerprint density at radius 3 is 0.733 bits per heavy atom. The van der Waals surface area contributed by atoms with Gasteiger partial charge in [-0.3, -0.25) is 0 Å². The van der Waals surface area contributed by atoms with Gasteiger partial charge in [-0.1, -0.05) is 271 Å². The maximum absolute atomic E-state index is 6.43. The van der Waals surface area contributed by atoms with Crippen molar-refractivity contribution in [1.29, 1.82) is 0 Å². The molecule has 3 aliphatic heterocycles. The highest BCUT2D eigenvalue weighted by atomic mass is 79.9. The van der Waals surface area contributed by atoms with Crippen LogP contribution in [0.15, 0.2) is 344 Å². The van der Waals surface area contributed by atoms with E-state index in [9.17, 15) is 0 Å². The first-order valence-corrected chi connectivity index (χ1v) is 41.4. The van der Waals surface area contributed by atoms with E-state index in [1.807, 2.05) is 55.4 Å². The minimum Gasteiger partial charge on any atom is -0.405 e. The van der Waals surface area contributed by atoms with Gasteiger partial charge in [-0.2, -0.15) is 0 Å². The fourth-order valence-corrected chi connectivity index (χ4v) is 18.8. The minimum absolute atomic E-state index is 0.360. The lowest BCUT2D eigenvalue weighted by Crippen LogP contribution is -2.41. The average molecular weight is 1580 g/mol. The summed E-state index contributed by atoms with van der Waals surface area (Å²) in [6.07, 6.45) is 0. The van der Waals surface area contributed by atoms with Gasteiger partial charge in [0, 0.05) is 38.6 Å². The van der Waals surface area contributed by atoms with E-state index in [0.717, 1.165) is 44.1 Å². The zero-order chi connectivity index (χ0) is 79.9. The Labute approximate surface area is 692 Å². The summed E-state index contributed by atoms with van der Waals surface area (Å²) in [4.78, 5) is 4.76. The molecule has 0 atom stereocenters. The molecule has 3 heterocycles. The van der Waals surface area contributed by atoms with E-state index >= 15 is 0 Å². The molecule has 0 amide bonds. The second-order valence-corrected chi connectivity index (χ2v) is 35.6. The summed E-state index contributed by atoms with van der Waals surface area (Å²) in [5.74, 6) is 0. The Bertz CT molecular complexity index is 5900. The smallest absolute Gasteiger partial charge is 0.405 e. The number of benzene rings is 14. The first-order valence-electron chi connectivity index (χ1n) is 40.6. The molecule has 0 radical (unpaired) electrons. The number of nitrogens with zero attached hydrogens (tertiary/aromatic N) is 2. The van der Waals surface area contributed by atoms with E-state index in [-0.39, 0.29) is 27.8 Å². The van der Waals surface area contributed by atoms with Gasteiger partial charge in [-0.05, 0) is 285 Å². The maximum Gasteiger partial charge on any atom is 0.494 e. The van der Waals surface area contributed by atoms with Crippen molar-refractivity contribution in [3.8, 4) is 66.8 Å². The molecule has 7 aliphatic rings. The Hall–Kier alpha value is -10.9. The van der Waals surface area contributed by atoms with Crippen LogP contribution >= 0.6 is 15.9 Å². The topological polar surface area (TPSA) is 61.9 Å². The molecule has 570 valence electrons. The summed E-state index contributed by atoms with van der Waals surface area (Å²) < 4.78 is 37.8. The normalized spacial score (nSPS) is 17.6. The minimum atomic E-state index is -0.476. The van der Waals surface area contributed by atoms with Gasteiger partial charge in [0.25, 0.3) is 0 Å². The van der Waals surface area contributed by atoms with Crippen molar-refractivity contribution in [3.05, 3.63) is 389 Å². The highest BCUT2D eigenvalue weighted by Crippen LogP contribution is 2.66. The molecule has 21 rings (SSSR count). The Morgan fingerprint density at radius 1 is 0.216 bits per heavy atom. The lowest BCUT2D eigenvalue weighted by atomic mass is 9.49. The van der Waals surface area contributed by atoms with E-state index in [2.05, 4.69) is 393 Å². The van der Waals surface area contributed by atoms with Gasteiger partial charge < -0.3 is 37.7 Å². The van der Waals surface area contributed by atoms with E-state index in [1.165, 1.54) is 111 Å². The van der Waals surface area contributed by atoms with Crippen LogP contribution in [0.1, 0.15) is 128 Å². The van der Waals surface area contributed by atoms with Gasteiger partial charge in [0.2, 0.25) is 0 Å². The maximum atomic E-state index is 6.43. The Balaban J connectivity index is 0.000000129. The van der Waals surface area contributed by atoms with Crippen molar-refractivity contribution in [3.63, 3.8) is 0 Å². The van der Waals surface area contributed by atoms with Gasteiger partial charge >= 0.3 is 21.1 Å². The van der Waals surface area contributed by atoms with Gasteiger partial charge in [-0.25, -0.2) is 0 Å². The number of rotatable bonds is 10. The largest absolute Gasteiger partial charge is 0.494 e. The highest BCUT2D eigenvalue weighted by molar-refractivity contribution is 9.10. The number of hydrogen-bond acceptors (Lipinski definition) is 8. The molecule has 0 aromatic heterocycles. The Morgan fingerprint density at radius 2 is 0.440 bits per heavy atom. The number of anilines is 6. The highest BCUT2D eigenvalue weighted by Gasteiger charge is 2.64. The van der Waals surface area contributed by atoms with Crippen molar-refractivity contribution >= 4 is 76.7 Å². The fourth-order valence-electron chi connectivity index (χ4n) is 18.6. The molecule has 116 heavy (non-hydrogen) atoms. The number of halogens is 1. The van der Waals surface area contributed by atoms with Crippen LogP contribution in [-0.2, 0) is 38.8 Å². The second-order valence-electron chi connectivity index (χ2n) is 34.6. The summed E-state index contributed by atoms with van der Waals surface area (Å²) in [6, 6.07) is 124. The summed E-state index contributed by atoms with van der Waals surface area (Å²) in [6.45, 7) is 24.6. The van der Waals surface area contributed by atoms with Crippen LogP contribution in [0.4, 0.5) is 34.1 Å². The second kappa shape index (κ2) is 28.2. The molecule has 0 unspecified atom stereocenters.